The molecule has 0 N–H and O–H groups in total. The van der Waals surface area contributed by atoms with Crippen molar-refractivity contribution in [3.05, 3.63) is 81.9 Å². The second-order valence-electron chi connectivity index (χ2n) is 8.27. The Bertz CT molecular complexity index is 689. The zero-order valence-electron chi connectivity index (χ0n) is 19.1. The standard InChI is InChI=1S/C29H40/c1-5-9-24-13-17-26(18-14-24)21-28(11-7-3)23-29(12-8-4)22-27-19-15-25(10-6-2)16-20-27/h13-22H,5-12,23H2,1-4H3/b28-21+,29-22+. The first-order valence-corrected chi connectivity index (χ1v) is 11.7. The lowest BCUT2D eigenvalue weighted by Crippen LogP contribution is -1.91. The maximum Gasteiger partial charge on any atom is -0.0102 e. The van der Waals surface area contributed by atoms with Crippen molar-refractivity contribution in [2.24, 2.45) is 0 Å². The molecule has 0 atom stereocenters. The molecule has 2 aromatic carbocycles. The minimum atomic E-state index is 1.09. The van der Waals surface area contributed by atoms with E-state index in [1.54, 1.807) is 11.1 Å². The molecule has 0 heterocycles. The monoisotopic (exact) mass is 388 g/mol. The summed E-state index contributed by atoms with van der Waals surface area (Å²) in [7, 11) is 0. The summed E-state index contributed by atoms with van der Waals surface area (Å²) < 4.78 is 0. The van der Waals surface area contributed by atoms with Crippen LogP contribution in [0, 0.1) is 0 Å². The molecule has 156 valence electrons. The first kappa shape index (κ1) is 23.2. The van der Waals surface area contributed by atoms with Gasteiger partial charge in [-0.25, -0.2) is 0 Å². The second-order valence-corrected chi connectivity index (χ2v) is 8.27. The largest absolute Gasteiger partial charge is 0.0656 e. The van der Waals surface area contributed by atoms with E-state index in [1.807, 2.05) is 0 Å². The molecule has 0 heteroatoms. The number of aryl methyl sites for hydroxylation is 2. The molecule has 0 unspecified atom stereocenters. The highest BCUT2D eigenvalue weighted by Crippen LogP contribution is 2.25. The highest BCUT2D eigenvalue weighted by molar-refractivity contribution is 5.58. The molecular weight excluding hydrogens is 348 g/mol. The molecule has 0 saturated carbocycles. The Kier molecular flexibility index (Phi) is 10.6. The van der Waals surface area contributed by atoms with Gasteiger partial charge in [-0.3, -0.25) is 0 Å². The summed E-state index contributed by atoms with van der Waals surface area (Å²) in [6.45, 7) is 9.06. The van der Waals surface area contributed by atoms with Crippen molar-refractivity contribution in [3.63, 3.8) is 0 Å². The Balaban J connectivity index is 2.18. The molecule has 0 aromatic heterocycles. The van der Waals surface area contributed by atoms with Gasteiger partial charge in [0, 0.05) is 0 Å². The van der Waals surface area contributed by atoms with Gasteiger partial charge in [0.1, 0.15) is 0 Å². The van der Waals surface area contributed by atoms with Crippen molar-refractivity contribution in [2.45, 2.75) is 85.5 Å². The summed E-state index contributed by atoms with van der Waals surface area (Å²) in [6, 6.07) is 18.3. The molecule has 29 heavy (non-hydrogen) atoms. The van der Waals surface area contributed by atoms with Gasteiger partial charge in [0.25, 0.3) is 0 Å². The SMILES string of the molecule is CCC/C(=C\c1ccc(CCC)cc1)C/C(=C/c1ccc(CCC)cc1)CCC. The van der Waals surface area contributed by atoms with E-state index in [0.29, 0.717) is 0 Å². The van der Waals surface area contributed by atoms with Crippen LogP contribution in [0.15, 0.2) is 59.7 Å². The van der Waals surface area contributed by atoms with E-state index in [4.69, 9.17) is 0 Å². The van der Waals surface area contributed by atoms with Gasteiger partial charge in [-0.1, -0.05) is 125 Å². The van der Waals surface area contributed by atoms with E-state index in [9.17, 15) is 0 Å². The van der Waals surface area contributed by atoms with Gasteiger partial charge in [-0.2, -0.15) is 0 Å². The van der Waals surface area contributed by atoms with E-state index in [-0.39, 0.29) is 0 Å². The first-order valence-electron chi connectivity index (χ1n) is 11.7. The average molecular weight is 389 g/mol. The number of allylic oxidation sites excluding steroid dienone is 2. The fourth-order valence-corrected chi connectivity index (χ4v) is 3.97. The minimum absolute atomic E-state index is 1.09. The van der Waals surface area contributed by atoms with Crippen LogP contribution in [0.2, 0.25) is 0 Å². The van der Waals surface area contributed by atoms with Crippen molar-refractivity contribution >= 4 is 12.2 Å². The Morgan fingerprint density at radius 2 is 0.931 bits per heavy atom. The summed E-state index contributed by atoms with van der Waals surface area (Å²) in [5.41, 5.74) is 8.68. The molecule has 0 radical (unpaired) electrons. The summed E-state index contributed by atoms with van der Waals surface area (Å²) in [4.78, 5) is 0. The van der Waals surface area contributed by atoms with Crippen LogP contribution in [0.3, 0.4) is 0 Å². The lowest BCUT2D eigenvalue weighted by atomic mass is 9.94. The molecule has 0 spiro atoms. The minimum Gasteiger partial charge on any atom is -0.0656 e. The molecule has 0 aliphatic carbocycles. The molecule has 0 bridgehead atoms. The van der Waals surface area contributed by atoms with Crippen LogP contribution in [0.5, 0.6) is 0 Å². The Labute approximate surface area is 179 Å². The zero-order chi connectivity index (χ0) is 20.9. The third-order valence-corrected chi connectivity index (χ3v) is 5.37. The molecular formula is C29H40. The van der Waals surface area contributed by atoms with Crippen LogP contribution < -0.4 is 0 Å². The van der Waals surface area contributed by atoms with E-state index < -0.39 is 0 Å². The summed E-state index contributed by atoms with van der Waals surface area (Å²) >= 11 is 0. The van der Waals surface area contributed by atoms with Gasteiger partial charge in [0.2, 0.25) is 0 Å². The Morgan fingerprint density at radius 3 is 1.24 bits per heavy atom. The van der Waals surface area contributed by atoms with E-state index >= 15 is 0 Å². The van der Waals surface area contributed by atoms with E-state index in [1.165, 1.54) is 73.6 Å². The molecule has 0 fully saturated rings. The van der Waals surface area contributed by atoms with Crippen LogP contribution in [0.1, 0.15) is 94.9 Å². The Morgan fingerprint density at radius 1 is 0.552 bits per heavy atom. The van der Waals surface area contributed by atoms with Crippen LogP contribution in [-0.2, 0) is 12.8 Å². The molecule has 0 nitrogen and oxygen atoms in total. The van der Waals surface area contributed by atoms with Gasteiger partial charge in [-0.15, -0.1) is 0 Å². The Hall–Kier alpha value is -2.08. The van der Waals surface area contributed by atoms with Crippen molar-refractivity contribution in [1.29, 1.82) is 0 Å². The second kappa shape index (κ2) is 13.2. The highest BCUT2D eigenvalue weighted by Gasteiger charge is 2.04. The summed E-state index contributed by atoms with van der Waals surface area (Å²) in [5, 5.41) is 0. The number of hydrogen-bond acceptors (Lipinski definition) is 0. The fourth-order valence-electron chi connectivity index (χ4n) is 3.97. The molecule has 0 amide bonds. The molecule has 2 aromatic rings. The number of rotatable bonds is 12. The molecule has 0 saturated heterocycles. The van der Waals surface area contributed by atoms with Crippen molar-refractivity contribution in [1.82, 2.24) is 0 Å². The van der Waals surface area contributed by atoms with Crippen LogP contribution in [0.4, 0.5) is 0 Å². The predicted octanol–water partition coefficient (Wildman–Crippen LogP) is 9.05. The molecule has 0 aliphatic rings. The van der Waals surface area contributed by atoms with Gasteiger partial charge in [-0.05, 0) is 54.4 Å². The third-order valence-electron chi connectivity index (χ3n) is 5.37. The van der Waals surface area contributed by atoms with Crippen molar-refractivity contribution in [2.75, 3.05) is 0 Å². The van der Waals surface area contributed by atoms with Crippen LogP contribution >= 0.6 is 0 Å². The fraction of sp³-hybridized carbons (Fsp3) is 0.448. The number of benzene rings is 2. The molecule has 2 rings (SSSR count). The smallest absolute Gasteiger partial charge is 0.0102 e. The quantitative estimate of drug-likeness (QED) is 0.340. The summed E-state index contributed by atoms with van der Waals surface area (Å²) in [5.74, 6) is 0. The van der Waals surface area contributed by atoms with Gasteiger partial charge >= 0.3 is 0 Å². The first-order chi connectivity index (χ1) is 14.2. The maximum absolute atomic E-state index is 2.42. The summed E-state index contributed by atoms with van der Waals surface area (Å²) in [6.07, 6.45) is 15.5. The zero-order valence-corrected chi connectivity index (χ0v) is 19.1. The highest BCUT2D eigenvalue weighted by atomic mass is 14.1. The number of hydrogen-bond donors (Lipinski definition) is 0. The van der Waals surface area contributed by atoms with Crippen LogP contribution in [0.25, 0.3) is 12.2 Å². The van der Waals surface area contributed by atoms with E-state index in [0.717, 1.165) is 6.42 Å². The van der Waals surface area contributed by atoms with Gasteiger partial charge < -0.3 is 0 Å². The predicted molar refractivity (Wildman–Crippen MR) is 131 cm³/mol. The normalized spacial score (nSPS) is 12.4. The van der Waals surface area contributed by atoms with Gasteiger partial charge in [0.05, 0.1) is 0 Å². The van der Waals surface area contributed by atoms with Gasteiger partial charge in [0.15, 0.2) is 0 Å². The maximum atomic E-state index is 2.42. The lowest BCUT2D eigenvalue weighted by molar-refractivity contribution is 0.826. The van der Waals surface area contributed by atoms with Crippen LogP contribution in [-0.4, -0.2) is 0 Å². The van der Waals surface area contributed by atoms with E-state index in [2.05, 4.69) is 88.4 Å². The molecule has 0 aliphatic heterocycles. The topological polar surface area (TPSA) is 0 Å². The third kappa shape index (κ3) is 8.44. The van der Waals surface area contributed by atoms with Crippen molar-refractivity contribution in [3.8, 4) is 0 Å². The van der Waals surface area contributed by atoms with Crippen molar-refractivity contribution < 1.29 is 0 Å². The lowest BCUT2D eigenvalue weighted by Gasteiger charge is -2.12. The average Bonchev–Trinajstić information content (AvgIpc) is 2.72.